The average Bonchev–Trinajstić information content (AvgIpc) is 2.72. The van der Waals surface area contributed by atoms with Crippen LogP contribution in [0.2, 0.25) is 5.15 Å². The topological polar surface area (TPSA) is 72.7 Å². The van der Waals surface area contributed by atoms with Crippen molar-refractivity contribution in [3.05, 3.63) is 41.2 Å². The minimum atomic E-state index is -0.296. The Balaban J connectivity index is 2.01. The number of carbonyl (C=O) groups excluding carboxylic acids is 1. The van der Waals surface area contributed by atoms with E-state index < -0.39 is 0 Å². The summed E-state index contributed by atoms with van der Waals surface area (Å²) in [6.45, 7) is 0.295. The molecule has 0 radical (unpaired) electrons. The van der Waals surface area contributed by atoms with Crippen LogP contribution in [0.3, 0.4) is 0 Å². The fourth-order valence-corrected chi connectivity index (χ4v) is 1.42. The highest BCUT2D eigenvalue weighted by molar-refractivity contribution is 6.29. The van der Waals surface area contributed by atoms with E-state index in [2.05, 4.69) is 20.5 Å². The fraction of sp³-hybridized carbons (Fsp3) is 0.200. The maximum atomic E-state index is 11.7. The van der Waals surface area contributed by atoms with E-state index in [1.807, 2.05) is 0 Å². The van der Waals surface area contributed by atoms with E-state index in [1.165, 1.54) is 0 Å². The molecule has 2 aromatic rings. The Bertz CT molecular complexity index is 539. The molecule has 0 aliphatic heterocycles. The van der Waals surface area contributed by atoms with Gasteiger partial charge in [0.2, 0.25) is 0 Å². The van der Waals surface area contributed by atoms with Crippen molar-refractivity contribution in [2.75, 3.05) is 0 Å². The van der Waals surface area contributed by atoms with Gasteiger partial charge in [-0.3, -0.25) is 4.79 Å². The first-order valence-electron chi connectivity index (χ1n) is 4.90. The molecule has 0 aliphatic rings. The van der Waals surface area contributed by atoms with E-state index in [4.69, 9.17) is 11.6 Å². The Morgan fingerprint density at radius 3 is 3.00 bits per heavy atom. The summed E-state index contributed by atoms with van der Waals surface area (Å²) < 4.78 is 1.73. The fourth-order valence-electron chi connectivity index (χ4n) is 1.25. The molecule has 0 spiro atoms. The van der Waals surface area contributed by atoms with Crippen LogP contribution in [0.25, 0.3) is 0 Å². The highest BCUT2D eigenvalue weighted by Crippen LogP contribution is 2.05. The average molecular weight is 252 g/mol. The number of aromatic nitrogens is 4. The molecule has 0 saturated carbocycles. The Morgan fingerprint density at radius 1 is 1.53 bits per heavy atom. The predicted octanol–water partition coefficient (Wildman–Crippen LogP) is 0.793. The van der Waals surface area contributed by atoms with Crippen LogP contribution >= 0.6 is 11.6 Å². The standard InChI is InChI=1S/C10H10ClN5O/c1-16-6-13-15-9(16)5-12-10(17)7-3-2-4-8(11)14-7/h2-4,6H,5H2,1H3,(H,12,17). The molecule has 2 aromatic heterocycles. The number of aryl methyl sites for hydroxylation is 1. The molecule has 17 heavy (non-hydrogen) atoms. The van der Waals surface area contributed by atoms with E-state index in [1.54, 1.807) is 36.1 Å². The van der Waals surface area contributed by atoms with Crippen LogP contribution in [0.15, 0.2) is 24.5 Å². The molecule has 0 bridgehead atoms. The van der Waals surface area contributed by atoms with Crippen LogP contribution in [0.4, 0.5) is 0 Å². The maximum absolute atomic E-state index is 11.7. The highest BCUT2D eigenvalue weighted by Gasteiger charge is 2.08. The van der Waals surface area contributed by atoms with Crippen molar-refractivity contribution < 1.29 is 4.79 Å². The van der Waals surface area contributed by atoms with Crippen molar-refractivity contribution in [3.8, 4) is 0 Å². The van der Waals surface area contributed by atoms with E-state index >= 15 is 0 Å². The summed E-state index contributed by atoms with van der Waals surface area (Å²) in [4.78, 5) is 15.6. The Kier molecular flexibility index (Phi) is 3.34. The largest absolute Gasteiger partial charge is 0.343 e. The molecule has 0 aliphatic carbocycles. The van der Waals surface area contributed by atoms with Crippen molar-refractivity contribution in [1.29, 1.82) is 0 Å². The predicted molar refractivity (Wildman–Crippen MR) is 61.4 cm³/mol. The third-order valence-electron chi connectivity index (χ3n) is 2.16. The van der Waals surface area contributed by atoms with Crippen LogP contribution in [-0.2, 0) is 13.6 Å². The van der Waals surface area contributed by atoms with Gasteiger partial charge in [0, 0.05) is 7.05 Å². The molecule has 0 atom stereocenters. The summed E-state index contributed by atoms with van der Waals surface area (Å²) in [7, 11) is 1.80. The van der Waals surface area contributed by atoms with E-state index in [0.29, 0.717) is 12.4 Å². The van der Waals surface area contributed by atoms with Crippen LogP contribution in [0, 0.1) is 0 Å². The molecule has 7 heteroatoms. The number of carbonyl (C=O) groups is 1. The smallest absolute Gasteiger partial charge is 0.270 e. The number of hydrogen-bond donors (Lipinski definition) is 1. The first-order chi connectivity index (χ1) is 8.16. The molecular weight excluding hydrogens is 242 g/mol. The van der Waals surface area contributed by atoms with Gasteiger partial charge < -0.3 is 9.88 Å². The first-order valence-corrected chi connectivity index (χ1v) is 5.28. The van der Waals surface area contributed by atoms with Crippen LogP contribution in [-0.4, -0.2) is 25.7 Å². The van der Waals surface area contributed by atoms with Gasteiger partial charge in [0.1, 0.15) is 17.2 Å². The molecule has 0 fully saturated rings. The second-order valence-electron chi connectivity index (χ2n) is 3.39. The zero-order chi connectivity index (χ0) is 12.3. The molecule has 88 valence electrons. The summed E-state index contributed by atoms with van der Waals surface area (Å²) in [5, 5.41) is 10.5. The van der Waals surface area contributed by atoms with Gasteiger partial charge in [-0.05, 0) is 12.1 Å². The molecule has 0 unspecified atom stereocenters. The first kappa shape index (κ1) is 11.5. The highest BCUT2D eigenvalue weighted by atomic mass is 35.5. The van der Waals surface area contributed by atoms with Gasteiger partial charge >= 0.3 is 0 Å². The molecule has 2 heterocycles. The summed E-state index contributed by atoms with van der Waals surface area (Å²) in [6.07, 6.45) is 1.57. The number of nitrogens with zero attached hydrogens (tertiary/aromatic N) is 4. The number of nitrogens with one attached hydrogen (secondary N) is 1. The van der Waals surface area contributed by atoms with Gasteiger partial charge in [0.05, 0.1) is 6.54 Å². The molecule has 6 nitrogen and oxygen atoms in total. The lowest BCUT2D eigenvalue weighted by Gasteiger charge is -2.04. The zero-order valence-electron chi connectivity index (χ0n) is 9.09. The van der Waals surface area contributed by atoms with Crippen LogP contribution in [0.5, 0.6) is 0 Å². The second-order valence-corrected chi connectivity index (χ2v) is 3.77. The van der Waals surface area contributed by atoms with Crippen molar-refractivity contribution >= 4 is 17.5 Å². The normalized spacial score (nSPS) is 10.2. The van der Waals surface area contributed by atoms with Gasteiger partial charge in [-0.25, -0.2) is 4.98 Å². The third kappa shape index (κ3) is 2.79. The lowest BCUT2D eigenvalue weighted by molar-refractivity contribution is 0.0944. The summed E-state index contributed by atoms with van der Waals surface area (Å²) >= 11 is 5.70. The quantitative estimate of drug-likeness (QED) is 0.819. The number of halogens is 1. The monoisotopic (exact) mass is 251 g/mol. The SMILES string of the molecule is Cn1cnnc1CNC(=O)c1cccc(Cl)n1. The zero-order valence-corrected chi connectivity index (χ0v) is 9.85. The van der Waals surface area contributed by atoms with Crippen molar-refractivity contribution in [2.45, 2.75) is 6.54 Å². The summed E-state index contributed by atoms with van der Waals surface area (Å²) in [5.41, 5.74) is 0.277. The Hall–Kier alpha value is -1.95. The van der Waals surface area contributed by atoms with Crippen LogP contribution < -0.4 is 5.32 Å². The minimum Gasteiger partial charge on any atom is -0.343 e. The van der Waals surface area contributed by atoms with Gasteiger partial charge in [0.15, 0.2) is 5.82 Å². The van der Waals surface area contributed by atoms with Gasteiger partial charge in [-0.1, -0.05) is 17.7 Å². The van der Waals surface area contributed by atoms with Gasteiger partial charge in [0.25, 0.3) is 5.91 Å². The van der Waals surface area contributed by atoms with Crippen LogP contribution in [0.1, 0.15) is 16.3 Å². The Labute approximate surface area is 103 Å². The number of pyridine rings is 1. The van der Waals surface area contributed by atoms with Crippen molar-refractivity contribution in [1.82, 2.24) is 25.1 Å². The molecule has 0 saturated heterocycles. The number of rotatable bonds is 3. The third-order valence-corrected chi connectivity index (χ3v) is 2.37. The van der Waals surface area contributed by atoms with Gasteiger partial charge in [-0.2, -0.15) is 0 Å². The molecule has 1 amide bonds. The molecule has 2 rings (SSSR count). The Morgan fingerprint density at radius 2 is 2.35 bits per heavy atom. The van der Waals surface area contributed by atoms with Crippen molar-refractivity contribution in [3.63, 3.8) is 0 Å². The summed E-state index contributed by atoms with van der Waals surface area (Å²) in [5.74, 6) is 0.371. The van der Waals surface area contributed by atoms with Crippen molar-refractivity contribution in [2.24, 2.45) is 7.05 Å². The number of amides is 1. The lowest BCUT2D eigenvalue weighted by atomic mass is 10.3. The second kappa shape index (κ2) is 4.92. The number of hydrogen-bond acceptors (Lipinski definition) is 4. The maximum Gasteiger partial charge on any atom is 0.270 e. The molecular formula is C10H10ClN5O. The molecule has 1 N–H and O–H groups in total. The summed E-state index contributed by atoms with van der Waals surface area (Å²) in [6, 6.07) is 4.88. The van der Waals surface area contributed by atoms with E-state index in [-0.39, 0.29) is 16.8 Å². The molecule has 0 aromatic carbocycles. The van der Waals surface area contributed by atoms with E-state index in [0.717, 1.165) is 0 Å². The van der Waals surface area contributed by atoms with E-state index in [9.17, 15) is 4.79 Å². The minimum absolute atomic E-state index is 0.277. The van der Waals surface area contributed by atoms with Gasteiger partial charge in [-0.15, -0.1) is 10.2 Å². The lowest BCUT2D eigenvalue weighted by Crippen LogP contribution is -2.25.